The first-order valence-corrected chi connectivity index (χ1v) is 4.50. The summed E-state index contributed by atoms with van der Waals surface area (Å²) in [5.74, 6) is -0.758. The Morgan fingerprint density at radius 1 is 1.31 bits per heavy atom. The van der Waals surface area contributed by atoms with E-state index >= 15 is 0 Å². The Balaban J connectivity index is 2.06. The smallest absolute Gasteiger partial charge is 0.309 e. The van der Waals surface area contributed by atoms with Crippen molar-refractivity contribution in [2.45, 2.75) is 38.1 Å². The molecule has 3 aliphatic carbocycles. The van der Waals surface area contributed by atoms with Crippen molar-refractivity contribution in [3.8, 4) is 0 Å². The highest BCUT2D eigenvalue weighted by Gasteiger charge is 2.65. The zero-order chi connectivity index (χ0) is 9.69. The highest BCUT2D eigenvalue weighted by molar-refractivity contribution is 5.80. The van der Waals surface area contributed by atoms with Crippen LogP contribution in [-0.4, -0.2) is 22.5 Å². The molecule has 0 saturated heterocycles. The van der Waals surface area contributed by atoms with Crippen LogP contribution in [0.1, 0.15) is 32.6 Å². The molecule has 0 atom stereocenters. The lowest BCUT2D eigenvalue weighted by Crippen LogP contribution is -2.57. The van der Waals surface area contributed by atoms with Gasteiger partial charge >= 0.3 is 5.97 Å². The van der Waals surface area contributed by atoms with Crippen molar-refractivity contribution in [2.24, 2.45) is 5.41 Å². The van der Waals surface area contributed by atoms with Gasteiger partial charge in [-0.05, 0) is 25.7 Å². The summed E-state index contributed by atoms with van der Waals surface area (Å²) in [5, 5.41) is 11.8. The lowest BCUT2D eigenvalue weighted by atomic mass is 9.65. The Kier molecular flexibility index (Phi) is 1.47. The van der Waals surface area contributed by atoms with Gasteiger partial charge in [0.1, 0.15) is 0 Å². The summed E-state index contributed by atoms with van der Waals surface area (Å²) >= 11 is 0. The third-order valence-corrected chi connectivity index (χ3v) is 3.33. The number of carboxylic acid groups (broad SMARTS) is 1. The fourth-order valence-electron chi connectivity index (χ4n) is 2.86. The number of aliphatic carboxylic acids is 1. The van der Waals surface area contributed by atoms with Gasteiger partial charge in [0, 0.05) is 12.5 Å². The van der Waals surface area contributed by atoms with E-state index in [0.29, 0.717) is 19.3 Å². The number of fused-ring (bicyclic) bond motifs is 1. The van der Waals surface area contributed by atoms with E-state index in [2.05, 4.69) is 5.32 Å². The first kappa shape index (κ1) is 8.53. The van der Waals surface area contributed by atoms with Gasteiger partial charge in [0.15, 0.2) is 0 Å². The molecular weight excluding hydrogens is 170 g/mol. The Morgan fingerprint density at radius 2 is 1.92 bits per heavy atom. The summed E-state index contributed by atoms with van der Waals surface area (Å²) in [5.41, 5.74) is -0.688. The number of rotatable bonds is 2. The van der Waals surface area contributed by atoms with Crippen molar-refractivity contribution in [3.63, 3.8) is 0 Å². The zero-order valence-corrected chi connectivity index (χ0v) is 7.59. The van der Waals surface area contributed by atoms with Gasteiger partial charge in [-0.1, -0.05) is 0 Å². The quantitative estimate of drug-likeness (QED) is 0.655. The minimum Gasteiger partial charge on any atom is -0.481 e. The number of carbonyl (C=O) groups is 2. The van der Waals surface area contributed by atoms with Gasteiger partial charge in [0.25, 0.3) is 0 Å². The molecule has 0 aromatic carbocycles. The molecule has 4 nitrogen and oxygen atoms in total. The summed E-state index contributed by atoms with van der Waals surface area (Å²) in [6, 6.07) is 0. The van der Waals surface area contributed by atoms with E-state index in [1.54, 1.807) is 0 Å². The zero-order valence-electron chi connectivity index (χ0n) is 7.59. The van der Waals surface area contributed by atoms with Crippen molar-refractivity contribution in [2.75, 3.05) is 0 Å². The van der Waals surface area contributed by atoms with Gasteiger partial charge in [-0.25, -0.2) is 0 Å². The molecule has 3 rings (SSSR count). The molecule has 0 aromatic heterocycles. The first-order chi connectivity index (χ1) is 5.98. The van der Waals surface area contributed by atoms with E-state index in [1.807, 2.05) is 0 Å². The molecular formula is C9H13NO3. The molecule has 0 heterocycles. The number of carbonyl (C=O) groups excluding carboxylic acids is 1. The second-order valence-corrected chi connectivity index (χ2v) is 4.40. The van der Waals surface area contributed by atoms with Crippen LogP contribution in [0, 0.1) is 5.41 Å². The van der Waals surface area contributed by atoms with Gasteiger partial charge in [0.2, 0.25) is 5.91 Å². The molecule has 0 radical (unpaired) electrons. The van der Waals surface area contributed by atoms with Crippen LogP contribution in [0.2, 0.25) is 0 Å². The minimum absolute atomic E-state index is 0.0547. The predicted octanol–water partition coefficient (Wildman–Crippen LogP) is 0.520. The maximum atomic E-state index is 10.9. The topological polar surface area (TPSA) is 66.4 Å². The second kappa shape index (κ2) is 2.25. The number of amides is 1. The third kappa shape index (κ3) is 1.04. The van der Waals surface area contributed by atoms with E-state index < -0.39 is 11.4 Å². The molecule has 3 aliphatic rings. The third-order valence-electron chi connectivity index (χ3n) is 3.33. The largest absolute Gasteiger partial charge is 0.481 e. The van der Waals surface area contributed by atoms with E-state index in [1.165, 1.54) is 6.92 Å². The fourth-order valence-corrected chi connectivity index (χ4v) is 2.86. The lowest BCUT2D eigenvalue weighted by molar-refractivity contribution is -0.155. The maximum absolute atomic E-state index is 10.9. The molecule has 0 unspecified atom stereocenters. The van der Waals surface area contributed by atoms with Crippen LogP contribution in [0.25, 0.3) is 0 Å². The van der Waals surface area contributed by atoms with Crippen LogP contribution >= 0.6 is 0 Å². The number of hydrogen-bond donors (Lipinski definition) is 2. The summed E-state index contributed by atoms with van der Waals surface area (Å²) < 4.78 is 0. The van der Waals surface area contributed by atoms with Crippen LogP contribution in [-0.2, 0) is 9.59 Å². The van der Waals surface area contributed by atoms with Gasteiger partial charge in [-0.3, -0.25) is 9.59 Å². The predicted molar refractivity (Wildman–Crippen MR) is 45.1 cm³/mol. The Morgan fingerprint density at radius 3 is 2.31 bits per heavy atom. The average molecular weight is 183 g/mol. The van der Waals surface area contributed by atoms with Gasteiger partial charge < -0.3 is 10.4 Å². The summed E-state index contributed by atoms with van der Waals surface area (Å²) in [6.07, 6.45) is 2.77. The van der Waals surface area contributed by atoms with Crippen molar-refractivity contribution >= 4 is 11.9 Å². The molecule has 2 N–H and O–H groups in total. The minimum atomic E-state index is -0.703. The number of hydrogen-bond acceptors (Lipinski definition) is 2. The fraction of sp³-hybridized carbons (Fsp3) is 0.778. The Hall–Kier alpha value is -1.06. The highest BCUT2D eigenvalue weighted by atomic mass is 16.4. The standard InChI is InChI=1S/C9H13NO3/c1-6(11)10-9-3-2-8(4-9,5-9)7(12)13/h2-5H2,1H3,(H,10,11)(H,12,13). The monoisotopic (exact) mass is 183 g/mol. The summed E-state index contributed by atoms with van der Waals surface area (Å²) in [6.45, 7) is 1.48. The molecule has 13 heavy (non-hydrogen) atoms. The first-order valence-electron chi connectivity index (χ1n) is 4.50. The highest BCUT2D eigenvalue weighted by Crippen LogP contribution is 2.61. The van der Waals surface area contributed by atoms with Crippen LogP contribution in [0.15, 0.2) is 0 Å². The molecule has 2 bridgehead atoms. The summed E-state index contributed by atoms with van der Waals surface area (Å²) in [4.78, 5) is 21.7. The molecule has 3 saturated carbocycles. The number of nitrogens with one attached hydrogen (secondary N) is 1. The second-order valence-electron chi connectivity index (χ2n) is 4.40. The van der Waals surface area contributed by atoms with Crippen LogP contribution in [0.3, 0.4) is 0 Å². The SMILES string of the molecule is CC(=O)NC12CCC(C(=O)O)(C1)C2. The van der Waals surface area contributed by atoms with Crippen molar-refractivity contribution in [1.82, 2.24) is 5.32 Å². The Labute approximate surface area is 76.3 Å². The molecule has 0 aromatic rings. The average Bonchev–Trinajstić information content (AvgIpc) is 2.39. The summed E-state index contributed by atoms with van der Waals surface area (Å²) in [7, 11) is 0. The molecule has 0 aliphatic heterocycles. The molecule has 3 fully saturated rings. The molecule has 72 valence electrons. The maximum Gasteiger partial charge on any atom is 0.309 e. The molecule has 1 amide bonds. The van der Waals surface area contributed by atoms with Crippen LogP contribution < -0.4 is 5.32 Å². The van der Waals surface area contributed by atoms with E-state index in [4.69, 9.17) is 5.11 Å². The number of carboxylic acids is 1. The van der Waals surface area contributed by atoms with Crippen LogP contribution in [0.4, 0.5) is 0 Å². The molecule has 4 heteroatoms. The van der Waals surface area contributed by atoms with Crippen molar-refractivity contribution < 1.29 is 14.7 Å². The van der Waals surface area contributed by atoms with Crippen molar-refractivity contribution in [3.05, 3.63) is 0 Å². The van der Waals surface area contributed by atoms with Gasteiger partial charge in [0.05, 0.1) is 5.41 Å². The Bertz CT molecular complexity index is 279. The van der Waals surface area contributed by atoms with Gasteiger partial charge in [-0.15, -0.1) is 0 Å². The van der Waals surface area contributed by atoms with E-state index in [-0.39, 0.29) is 11.4 Å². The van der Waals surface area contributed by atoms with E-state index in [0.717, 1.165) is 6.42 Å². The van der Waals surface area contributed by atoms with Crippen LogP contribution in [0.5, 0.6) is 0 Å². The van der Waals surface area contributed by atoms with E-state index in [9.17, 15) is 9.59 Å². The van der Waals surface area contributed by atoms with Crippen molar-refractivity contribution in [1.29, 1.82) is 0 Å². The molecule has 0 spiro atoms. The lowest BCUT2D eigenvalue weighted by Gasteiger charge is -2.44. The van der Waals surface area contributed by atoms with Gasteiger partial charge in [-0.2, -0.15) is 0 Å². The normalized spacial score (nSPS) is 41.0.